The van der Waals surface area contributed by atoms with Gasteiger partial charge in [-0.25, -0.2) is 4.39 Å². The molecule has 0 bridgehead atoms. The minimum Gasteiger partial charge on any atom is -0.352 e. The van der Waals surface area contributed by atoms with Crippen LogP contribution in [0.1, 0.15) is 45.6 Å². The van der Waals surface area contributed by atoms with Crippen LogP contribution in [0.15, 0.2) is 24.3 Å². The van der Waals surface area contributed by atoms with Crippen LogP contribution in [0.2, 0.25) is 0 Å². The largest absolute Gasteiger partial charge is 0.352 e. The predicted octanol–water partition coefficient (Wildman–Crippen LogP) is 2.03. The van der Waals surface area contributed by atoms with Gasteiger partial charge in [0.1, 0.15) is 11.9 Å². The maximum atomic E-state index is 13.0. The first-order valence-corrected chi connectivity index (χ1v) is 9.93. The van der Waals surface area contributed by atoms with Crippen molar-refractivity contribution in [1.29, 1.82) is 0 Å². The van der Waals surface area contributed by atoms with Gasteiger partial charge in [-0.15, -0.1) is 0 Å². The molecule has 1 aromatic carbocycles. The van der Waals surface area contributed by atoms with Gasteiger partial charge in [-0.2, -0.15) is 0 Å². The smallest absolute Gasteiger partial charge is 0.242 e. The van der Waals surface area contributed by atoms with Crippen molar-refractivity contribution in [3.63, 3.8) is 0 Å². The molecule has 2 rings (SSSR count). The molecule has 7 heteroatoms. The molecule has 0 radical (unpaired) electrons. The average molecular weight is 391 g/mol. The fraction of sp³-hybridized carbons (Fsp3) is 0.571. The number of amides is 3. The van der Waals surface area contributed by atoms with Crippen molar-refractivity contribution in [2.75, 3.05) is 13.1 Å². The van der Waals surface area contributed by atoms with E-state index in [-0.39, 0.29) is 41.9 Å². The van der Waals surface area contributed by atoms with E-state index in [0.717, 1.165) is 18.4 Å². The highest BCUT2D eigenvalue weighted by molar-refractivity contribution is 5.89. The monoisotopic (exact) mass is 391 g/mol. The number of nitrogens with zero attached hydrogens (tertiary/aromatic N) is 1. The lowest BCUT2D eigenvalue weighted by Gasteiger charge is -2.32. The molecule has 2 N–H and O–H groups in total. The van der Waals surface area contributed by atoms with E-state index in [4.69, 9.17) is 0 Å². The van der Waals surface area contributed by atoms with Crippen LogP contribution in [0.3, 0.4) is 0 Å². The van der Waals surface area contributed by atoms with E-state index in [2.05, 4.69) is 10.6 Å². The zero-order chi connectivity index (χ0) is 20.7. The highest BCUT2D eigenvalue weighted by Crippen LogP contribution is 2.18. The van der Waals surface area contributed by atoms with Gasteiger partial charge < -0.3 is 15.5 Å². The maximum absolute atomic E-state index is 13.0. The normalized spacial score (nSPS) is 18.9. The molecule has 0 aromatic heterocycles. The standard InChI is InChI=1S/C21H30FN3O3/c1-4-14(2)23-20(27)15(3)24-21(28)17-6-5-11-25(13-17)19(26)12-16-7-9-18(22)10-8-16/h7-10,14-15,17H,4-6,11-13H2,1-3H3,(H,23,27)(H,24,28). The number of benzene rings is 1. The van der Waals surface area contributed by atoms with Crippen LogP contribution < -0.4 is 10.6 Å². The highest BCUT2D eigenvalue weighted by Gasteiger charge is 2.30. The van der Waals surface area contributed by atoms with Crippen molar-refractivity contribution in [3.05, 3.63) is 35.6 Å². The Kier molecular flexibility index (Phi) is 7.96. The van der Waals surface area contributed by atoms with Crippen LogP contribution in [-0.2, 0) is 20.8 Å². The summed E-state index contributed by atoms with van der Waals surface area (Å²) in [6, 6.07) is 5.30. The molecule has 154 valence electrons. The molecule has 1 aliphatic rings. The fourth-order valence-corrected chi connectivity index (χ4v) is 3.17. The lowest BCUT2D eigenvalue weighted by atomic mass is 9.96. The Morgan fingerprint density at radius 1 is 1.18 bits per heavy atom. The Hall–Kier alpha value is -2.44. The summed E-state index contributed by atoms with van der Waals surface area (Å²) >= 11 is 0. The zero-order valence-electron chi connectivity index (χ0n) is 16.8. The van der Waals surface area contributed by atoms with Gasteiger partial charge in [-0.1, -0.05) is 19.1 Å². The van der Waals surface area contributed by atoms with Gasteiger partial charge in [0.05, 0.1) is 12.3 Å². The fourth-order valence-electron chi connectivity index (χ4n) is 3.17. The number of likely N-dealkylation sites (tertiary alicyclic amines) is 1. The van der Waals surface area contributed by atoms with E-state index >= 15 is 0 Å². The highest BCUT2D eigenvalue weighted by atomic mass is 19.1. The summed E-state index contributed by atoms with van der Waals surface area (Å²) in [5.41, 5.74) is 0.744. The number of carbonyl (C=O) groups excluding carboxylic acids is 3. The molecular formula is C21H30FN3O3. The van der Waals surface area contributed by atoms with E-state index < -0.39 is 6.04 Å². The summed E-state index contributed by atoms with van der Waals surface area (Å²) in [6.45, 7) is 6.50. The van der Waals surface area contributed by atoms with Crippen molar-refractivity contribution in [2.45, 2.75) is 58.5 Å². The minimum absolute atomic E-state index is 0.0566. The van der Waals surface area contributed by atoms with Crippen LogP contribution >= 0.6 is 0 Å². The van der Waals surface area contributed by atoms with Crippen LogP contribution in [0, 0.1) is 11.7 Å². The van der Waals surface area contributed by atoms with Crippen molar-refractivity contribution in [1.82, 2.24) is 15.5 Å². The molecule has 1 heterocycles. The van der Waals surface area contributed by atoms with Gasteiger partial charge in [0.25, 0.3) is 0 Å². The molecule has 1 saturated heterocycles. The Morgan fingerprint density at radius 2 is 1.86 bits per heavy atom. The molecule has 3 amide bonds. The van der Waals surface area contributed by atoms with Gasteiger partial charge in [-0.05, 0) is 50.8 Å². The van der Waals surface area contributed by atoms with E-state index in [9.17, 15) is 18.8 Å². The van der Waals surface area contributed by atoms with Gasteiger partial charge in [0, 0.05) is 19.1 Å². The van der Waals surface area contributed by atoms with Gasteiger partial charge >= 0.3 is 0 Å². The summed E-state index contributed by atoms with van der Waals surface area (Å²) in [7, 11) is 0. The number of rotatable bonds is 7. The lowest BCUT2D eigenvalue weighted by molar-refractivity contribution is -0.136. The Morgan fingerprint density at radius 3 is 2.50 bits per heavy atom. The van der Waals surface area contributed by atoms with Gasteiger partial charge in [-0.3, -0.25) is 14.4 Å². The lowest BCUT2D eigenvalue weighted by Crippen LogP contribution is -2.51. The zero-order valence-corrected chi connectivity index (χ0v) is 16.8. The first-order valence-electron chi connectivity index (χ1n) is 9.93. The van der Waals surface area contributed by atoms with E-state index in [1.165, 1.54) is 12.1 Å². The second kappa shape index (κ2) is 10.2. The summed E-state index contributed by atoms with van der Waals surface area (Å²) < 4.78 is 13.0. The summed E-state index contributed by atoms with van der Waals surface area (Å²) in [6.07, 6.45) is 2.43. The Labute approximate surface area is 165 Å². The Balaban J connectivity index is 1.87. The molecule has 3 unspecified atom stereocenters. The molecule has 0 aliphatic carbocycles. The molecule has 0 spiro atoms. The Bertz CT molecular complexity index is 693. The molecule has 1 aliphatic heterocycles. The van der Waals surface area contributed by atoms with Crippen molar-refractivity contribution in [3.8, 4) is 0 Å². The van der Waals surface area contributed by atoms with Crippen molar-refractivity contribution >= 4 is 17.7 Å². The first-order chi connectivity index (χ1) is 13.3. The minimum atomic E-state index is -0.619. The third-order valence-corrected chi connectivity index (χ3v) is 5.17. The molecule has 3 atom stereocenters. The summed E-state index contributed by atoms with van der Waals surface area (Å²) in [5.74, 6) is -1.15. The van der Waals surface area contributed by atoms with Crippen molar-refractivity contribution < 1.29 is 18.8 Å². The second-order valence-corrected chi connectivity index (χ2v) is 7.53. The molecule has 6 nitrogen and oxygen atoms in total. The van der Waals surface area contributed by atoms with Gasteiger partial charge in [0.15, 0.2) is 0 Å². The first kappa shape index (κ1) is 21.9. The van der Waals surface area contributed by atoms with Gasteiger partial charge in [0.2, 0.25) is 17.7 Å². The topological polar surface area (TPSA) is 78.5 Å². The molecule has 28 heavy (non-hydrogen) atoms. The third kappa shape index (κ3) is 6.32. The number of hydrogen-bond donors (Lipinski definition) is 2. The second-order valence-electron chi connectivity index (χ2n) is 7.53. The quantitative estimate of drug-likeness (QED) is 0.747. The number of piperidine rings is 1. The summed E-state index contributed by atoms with van der Waals surface area (Å²) in [4.78, 5) is 38.9. The average Bonchev–Trinajstić information content (AvgIpc) is 2.69. The molecular weight excluding hydrogens is 361 g/mol. The van der Waals surface area contributed by atoms with E-state index in [0.29, 0.717) is 19.5 Å². The number of nitrogens with one attached hydrogen (secondary N) is 2. The van der Waals surface area contributed by atoms with E-state index in [1.807, 2.05) is 13.8 Å². The van der Waals surface area contributed by atoms with Crippen LogP contribution in [0.4, 0.5) is 4.39 Å². The summed E-state index contributed by atoms with van der Waals surface area (Å²) in [5, 5.41) is 5.61. The van der Waals surface area contributed by atoms with Crippen LogP contribution in [0.5, 0.6) is 0 Å². The maximum Gasteiger partial charge on any atom is 0.242 e. The SMILES string of the molecule is CCC(C)NC(=O)C(C)NC(=O)C1CCCN(C(=O)Cc2ccc(F)cc2)C1. The van der Waals surface area contributed by atoms with Crippen LogP contribution in [-0.4, -0.2) is 47.8 Å². The van der Waals surface area contributed by atoms with Crippen molar-refractivity contribution in [2.24, 2.45) is 5.92 Å². The number of carbonyl (C=O) groups is 3. The molecule has 1 fully saturated rings. The number of hydrogen-bond acceptors (Lipinski definition) is 3. The third-order valence-electron chi connectivity index (χ3n) is 5.17. The number of halogens is 1. The predicted molar refractivity (Wildman–Crippen MR) is 105 cm³/mol. The van der Waals surface area contributed by atoms with E-state index in [1.54, 1.807) is 24.0 Å². The van der Waals surface area contributed by atoms with Crippen LogP contribution in [0.25, 0.3) is 0 Å². The molecule has 0 saturated carbocycles. The molecule has 1 aromatic rings.